The van der Waals surface area contributed by atoms with Crippen LogP contribution in [0.5, 0.6) is 0 Å². The van der Waals surface area contributed by atoms with E-state index in [1.807, 2.05) is 39.2 Å². The second kappa shape index (κ2) is 9.66. The SMILES string of the molecule is Cn1ncc2cc(-c3c(Cl)n(COCC[Si](C)(C)C)c4ncc5[nH]c(=O)n(C6CC(CC#N)C6)c5c34)ccc21. The lowest BCUT2D eigenvalue weighted by Crippen LogP contribution is -2.32. The number of nitriles is 1. The molecule has 5 aromatic rings. The number of halogens is 1. The fraction of sp³-hybridized carbons (Fsp3) is 0.429. The highest BCUT2D eigenvalue weighted by atomic mass is 35.5. The van der Waals surface area contributed by atoms with Crippen LogP contribution < -0.4 is 5.69 Å². The van der Waals surface area contributed by atoms with Gasteiger partial charge < -0.3 is 9.72 Å². The summed E-state index contributed by atoms with van der Waals surface area (Å²) >= 11 is 7.16. The van der Waals surface area contributed by atoms with E-state index in [9.17, 15) is 4.79 Å². The molecule has 0 saturated heterocycles. The number of aromatic nitrogens is 6. The van der Waals surface area contributed by atoms with E-state index in [4.69, 9.17) is 26.6 Å². The predicted octanol–water partition coefficient (Wildman–Crippen LogP) is 6.06. The van der Waals surface area contributed by atoms with Crippen molar-refractivity contribution in [3.05, 3.63) is 46.2 Å². The number of aromatic amines is 1. The first-order chi connectivity index (χ1) is 18.7. The molecule has 0 amide bonds. The van der Waals surface area contributed by atoms with Crippen molar-refractivity contribution >= 4 is 52.6 Å². The van der Waals surface area contributed by atoms with E-state index in [0.29, 0.717) is 35.3 Å². The van der Waals surface area contributed by atoms with Gasteiger partial charge in [0.1, 0.15) is 17.5 Å². The number of hydrogen-bond donors (Lipinski definition) is 1. The average molecular weight is 562 g/mol. The molecule has 9 nitrogen and oxygen atoms in total. The minimum Gasteiger partial charge on any atom is -0.361 e. The van der Waals surface area contributed by atoms with E-state index in [1.165, 1.54) is 0 Å². The summed E-state index contributed by atoms with van der Waals surface area (Å²) in [6.45, 7) is 7.91. The Labute approximate surface area is 232 Å². The summed E-state index contributed by atoms with van der Waals surface area (Å²) in [6, 6.07) is 9.51. The first-order valence-corrected chi connectivity index (χ1v) is 17.4. The van der Waals surface area contributed by atoms with E-state index in [-0.39, 0.29) is 18.5 Å². The molecule has 0 aliphatic heterocycles. The van der Waals surface area contributed by atoms with Crippen molar-refractivity contribution in [1.29, 1.82) is 5.26 Å². The number of pyridine rings is 1. The van der Waals surface area contributed by atoms with Crippen LogP contribution in [0, 0.1) is 17.2 Å². The van der Waals surface area contributed by atoms with Crippen LogP contribution in [-0.4, -0.2) is 43.6 Å². The lowest BCUT2D eigenvalue weighted by atomic mass is 9.78. The molecule has 1 aliphatic carbocycles. The monoisotopic (exact) mass is 561 g/mol. The number of imidazole rings is 1. The van der Waals surface area contributed by atoms with Gasteiger partial charge in [0, 0.05) is 45.1 Å². The third-order valence-corrected chi connectivity index (χ3v) is 9.99. The standard InChI is InChI=1S/C28H32ClN7O2Si/c1-34-22-6-5-18(13-19(22)14-32-34)23-24-25-21(33-28(37)36(25)20-11-17(12-20)7-8-30)15-31-27(24)35(26(23)29)16-38-9-10-39(2,3)4/h5-6,13-15,17,20H,7,9-12,16H2,1-4H3,(H,33,37). The van der Waals surface area contributed by atoms with E-state index in [2.05, 4.69) is 41.9 Å². The Morgan fingerprint density at radius 2 is 2.05 bits per heavy atom. The van der Waals surface area contributed by atoms with Gasteiger partial charge in [-0.25, -0.2) is 9.78 Å². The molecule has 0 radical (unpaired) electrons. The van der Waals surface area contributed by atoms with Gasteiger partial charge in [-0.1, -0.05) is 37.3 Å². The van der Waals surface area contributed by atoms with Gasteiger partial charge in [0.05, 0.1) is 40.4 Å². The summed E-state index contributed by atoms with van der Waals surface area (Å²) in [5, 5.41) is 15.9. The lowest BCUT2D eigenvalue weighted by Gasteiger charge is -2.34. The van der Waals surface area contributed by atoms with Crippen LogP contribution in [-0.2, 0) is 18.5 Å². The van der Waals surface area contributed by atoms with E-state index >= 15 is 0 Å². The van der Waals surface area contributed by atoms with Gasteiger partial charge in [-0.2, -0.15) is 10.4 Å². The summed E-state index contributed by atoms with van der Waals surface area (Å²) in [7, 11) is 0.669. The Bertz CT molecular complexity index is 1810. The zero-order chi connectivity index (χ0) is 27.5. The molecular formula is C28H32ClN7O2Si. The van der Waals surface area contributed by atoms with Crippen LogP contribution in [0.2, 0.25) is 30.8 Å². The van der Waals surface area contributed by atoms with Gasteiger partial charge in [-0.05, 0) is 42.5 Å². The highest BCUT2D eigenvalue weighted by Crippen LogP contribution is 2.45. The minimum absolute atomic E-state index is 0.0268. The van der Waals surface area contributed by atoms with E-state index in [1.54, 1.807) is 6.20 Å². The Kier molecular flexibility index (Phi) is 6.41. The maximum absolute atomic E-state index is 13.2. The third kappa shape index (κ3) is 4.48. The van der Waals surface area contributed by atoms with Gasteiger partial charge in [0.15, 0.2) is 0 Å². The number of benzene rings is 1. The highest BCUT2D eigenvalue weighted by Gasteiger charge is 2.34. The van der Waals surface area contributed by atoms with Gasteiger partial charge in [0.2, 0.25) is 0 Å². The first-order valence-electron chi connectivity index (χ1n) is 13.3. The second-order valence-electron chi connectivity index (χ2n) is 11.9. The predicted molar refractivity (Wildman–Crippen MR) is 157 cm³/mol. The van der Waals surface area contributed by atoms with Gasteiger partial charge in [-0.3, -0.25) is 13.8 Å². The number of aryl methyl sites for hydroxylation is 1. The molecule has 1 aromatic carbocycles. The minimum atomic E-state index is -1.25. The van der Waals surface area contributed by atoms with E-state index < -0.39 is 8.07 Å². The number of H-pyrrole nitrogens is 1. The quantitative estimate of drug-likeness (QED) is 0.183. The smallest absolute Gasteiger partial charge is 0.326 e. The average Bonchev–Trinajstić information content (AvgIpc) is 3.48. The Hall–Kier alpha value is -3.39. The second-order valence-corrected chi connectivity index (χ2v) is 17.8. The van der Waals surface area contributed by atoms with Crippen LogP contribution in [0.1, 0.15) is 25.3 Å². The summed E-state index contributed by atoms with van der Waals surface area (Å²) < 4.78 is 11.7. The van der Waals surface area contributed by atoms with Crippen molar-refractivity contribution in [3.63, 3.8) is 0 Å². The third-order valence-electron chi connectivity index (χ3n) is 7.89. The molecule has 0 unspecified atom stereocenters. The maximum Gasteiger partial charge on any atom is 0.326 e. The van der Waals surface area contributed by atoms with Crippen molar-refractivity contribution in [2.45, 2.75) is 57.7 Å². The van der Waals surface area contributed by atoms with Gasteiger partial charge in [-0.15, -0.1) is 0 Å². The molecule has 1 aliphatic rings. The molecule has 4 heterocycles. The number of nitrogens with one attached hydrogen (secondary N) is 1. The number of nitrogens with zero attached hydrogens (tertiary/aromatic N) is 6. The molecule has 0 atom stereocenters. The molecule has 202 valence electrons. The van der Waals surface area contributed by atoms with Gasteiger partial charge >= 0.3 is 5.69 Å². The first kappa shape index (κ1) is 25.9. The Balaban J connectivity index is 1.54. The van der Waals surface area contributed by atoms with Crippen LogP contribution in [0.25, 0.3) is 44.1 Å². The van der Waals surface area contributed by atoms with Crippen LogP contribution in [0.3, 0.4) is 0 Å². The summed E-state index contributed by atoms with van der Waals surface area (Å²) in [5.74, 6) is 0.314. The van der Waals surface area contributed by atoms with Crippen LogP contribution in [0.4, 0.5) is 0 Å². The lowest BCUT2D eigenvalue weighted by molar-refractivity contribution is 0.0901. The summed E-state index contributed by atoms with van der Waals surface area (Å²) in [6.07, 6.45) is 5.67. The highest BCUT2D eigenvalue weighted by molar-refractivity contribution is 6.76. The molecule has 0 bridgehead atoms. The largest absolute Gasteiger partial charge is 0.361 e. The Morgan fingerprint density at radius 3 is 2.79 bits per heavy atom. The fourth-order valence-electron chi connectivity index (χ4n) is 5.67. The molecule has 39 heavy (non-hydrogen) atoms. The fourth-order valence-corrected chi connectivity index (χ4v) is 6.76. The molecule has 1 N–H and O–H groups in total. The zero-order valence-corrected chi connectivity index (χ0v) is 24.4. The number of rotatable bonds is 8. The van der Waals surface area contributed by atoms with Crippen molar-refractivity contribution < 1.29 is 4.74 Å². The van der Waals surface area contributed by atoms with Gasteiger partial charge in [0.25, 0.3) is 0 Å². The number of hydrogen-bond acceptors (Lipinski definition) is 5. The van der Waals surface area contributed by atoms with Crippen molar-refractivity contribution in [2.75, 3.05) is 6.61 Å². The van der Waals surface area contributed by atoms with Crippen LogP contribution >= 0.6 is 11.6 Å². The van der Waals surface area contributed by atoms with E-state index in [0.717, 1.165) is 51.8 Å². The summed E-state index contributed by atoms with van der Waals surface area (Å²) in [5.41, 5.74) is 4.77. The molecule has 4 aromatic heterocycles. The number of ether oxygens (including phenoxy) is 1. The molecule has 11 heteroatoms. The number of fused-ring (bicyclic) bond motifs is 4. The molecule has 6 rings (SSSR count). The molecule has 1 saturated carbocycles. The van der Waals surface area contributed by atoms with Crippen molar-refractivity contribution in [3.8, 4) is 17.2 Å². The Morgan fingerprint density at radius 1 is 1.26 bits per heavy atom. The molecular weight excluding hydrogens is 530 g/mol. The molecule has 1 fully saturated rings. The molecule has 0 spiro atoms. The van der Waals surface area contributed by atoms with Crippen molar-refractivity contribution in [2.24, 2.45) is 13.0 Å². The van der Waals surface area contributed by atoms with Crippen molar-refractivity contribution in [1.82, 2.24) is 28.9 Å². The summed E-state index contributed by atoms with van der Waals surface area (Å²) in [4.78, 5) is 21.0. The normalized spacial score (nSPS) is 17.7. The zero-order valence-electron chi connectivity index (χ0n) is 22.7. The topological polar surface area (TPSA) is 106 Å². The maximum atomic E-state index is 13.2. The van der Waals surface area contributed by atoms with Crippen LogP contribution in [0.15, 0.2) is 35.4 Å².